The Morgan fingerprint density at radius 3 is 2.65 bits per heavy atom. The summed E-state index contributed by atoms with van der Waals surface area (Å²) in [6.07, 6.45) is 4.31. The Morgan fingerprint density at radius 2 is 2.00 bits per heavy atom. The quantitative estimate of drug-likeness (QED) is 0.851. The zero-order valence-corrected chi connectivity index (χ0v) is 13.6. The van der Waals surface area contributed by atoms with Gasteiger partial charge in [0.1, 0.15) is 0 Å². The van der Waals surface area contributed by atoms with Crippen molar-refractivity contribution in [1.29, 1.82) is 0 Å². The van der Waals surface area contributed by atoms with Crippen LogP contribution in [0.5, 0.6) is 0 Å². The molecular weight excluding hydrogens is 290 g/mol. The monoisotopic (exact) mass is 313 g/mol. The van der Waals surface area contributed by atoms with Gasteiger partial charge in [0.25, 0.3) is 0 Å². The van der Waals surface area contributed by atoms with Crippen LogP contribution in [0.3, 0.4) is 0 Å². The molecule has 2 aromatic rings. The average molecular weight is 313 g/mol. The van der Waals surface area contributed by atoms with Crippen molar-refractivity contribution in [2.45, 2.75) is 44.9 Å². The second kappa shape index (κ2) is 7.40. The first-order valence-corrected chi connectivity index (χ1v) is 8.34. The Labute approximate surface area is 136 Å². The maximum Gasteiger partial charge on any atom is 0.229 e. The van der Waals surface area contributed by atoms with E-state index in [9.17, 15) is 4.79 Å². The van der Waals surface area contributed by atoms with E-state index >= 15 is 0 Å². The van der Waals surface area contributed by atoms with Gasteiger partial charge in [0, 0.05) is 25.4 Å². The van der Waals surface area contributed by atoms with Crippen LogP contribution in [-0.4, -0.2) is 34.0 Å². The van der Waals surface area contributed by atoms with Gasteiger partial charge in [-0.3, -0.25) is 4.79 Å². The summed E-state index contributed by atoms with van der Waals surface area (Å²) in [5.74, 6) is 1.96. The molecule has 5 heteroatoms. The van der Waals surface area contributed by atoms with E-state index < -0.39 is 0 Å². The summed E-state index contributed by atoms with van der Waals surface area (Å²) in [6, 6.07) is 10.3. The number of nitrogens with zero attached hydrogens (tertiary/aromatic N) is 3. The molecule has 0 saturated carbocycles. The summed E-state index contributed by atoms with van der Waals surface area (Å²) in [5.41, 5.74) is 1.30. The van der Waals surface area contributed by atoms with Crippen LogP contribution in [0.4, 0.5) is 0 Å². The third kappa shape index (κ3) is 4.18. The van der Waals surface area contributed by atoms with Crippen LogP contribution >= 0.6 is 0 Å². The van der Waals surface area contributed by atoms with E-state index in [1.165, 1.54) is 5.56 Å². The molecule has 1 fully saturated rings. The summed E-state index contributed by atoms with van der Waals surface area (Å²) in [4.78, 5) is 18.6. The van der Waals surface area contributed by atoms with Gasteiger partial charge in [-0.05, 0) is 38.2 Å². The lowest BCUT2D eigenvalue weighted by Crippen LogP contribution is -2.37. The van der Waals surface area contributed by atoms with E-state index in [1.807, 2.05) is 30.0 Å². The van der Waals surface area contributed by atoms with Crippen molar-refractivity contribution in [3.8, 4) is 0 Å². The highest BCUT2D eigenvalue weighted by atomic mass is 16.5. The molecule has 23 heavy (non-hydrogen) atoms. The van der Waals surface area contributed by atoms with Crippen LogP contribution in [0.15, 0.2) is 34.9 Å². The van der Waals surface area contributed by atoms with Crippen LogP contribution in [-0.2, 0) is 11.2 Å². The first-order chi connectivity index (χ1) is 11.2. The predicted molar refractivity (Wildman–Crippen MR) is 87.0 cm³/mol. The Bertz CT molecular complexity index is 631. The topological polar surface area (TPSA) is 59.2 Å². The second-order valence-electron chi connectivity index (χ2n) is 6.17. The van der Waals surface area contributed by atoms with E-state index in [4.69, 9.17) is 4.52 Å². The van der Waals surface area contributed by atoms with E-state index in [0.717, 1.165) is 44.7 Å². The van der Waals surface area contributed by atoms with Crippen molar-refractivity contribution in [3.63, 3.8) is 0 Å². The van der Waals surface area contributed by atoms with Gasteiger partial charge in [-0.15, -0.1) is 0 Å². The maximum absolute atomic E-state index is 12.3. The standard InChI is InChI=1S/C18H23N3O2/c1-14-19-18(23-20-14)16-10-12-21(13-11-16)17(22)9-5-8-15-6-3-2-4-7-15/h2-4,6-7,16H,5,8-13H2,1H3. The third-order valence-electron chi connectivity index (χ3n) is 4.44. The molecule has 0 radical (unpaired) electrons. The van der Waals surface area contributed by atoms with Crippen LogP contribution < -0.4 is 0 Å². The van der Waals surface area contributed by atoms with Gasteiger partial charge in [-0.2, -0.15) is 4.98 Å². The number of carbonyl (C=O) groups excluding carboxylic acids is 1. The van der Waals surface area contributed by atoms with Gasteiger partial charge in [-0.25, -0.2) is 0 Å². The van der Waals surface area contributed by atoms with Crippen molar-refractivity contribution in [2.75, 3.05) is 13.1 Å². The van der Waals surface area contributed by atoms with Gasteiger partial charge >= 0.3 is 0 Å². The summed E-state index contributed by atoms with van der Waals surface area (Å²) < 4.78 is 5.25. The number of likely N-dealkylation sites (tertiary alicyclic amines) is 1. The molecule has 1 aliphatic rings. The Kier molecular flexibility index (Phi) is 5.05. The number of carbonyl (C=O) groups is 1. The molecule has 1 aromatic heterocycles. The maximum atomic E-state index is 12.3. The highest BCUT2D eigenvalue weighted by molar-refractivity contribution is 5.76. The fraction of sp³-hybridized carbons (Fsp3) is 0.500. The Balaban J connectivity index is 1.41. The lowest BCUT2D eigenvalue weighted by molar-refractivity contribution is -0.132. The lowest BCUT2D eigenvalue weighted by atomic mass is 9.96. The molecule has 2 heterocycles. The highest BCUT2D eigenvalue weighted by Crippen LogP contribution is 2.27. The molecule has 0 bridgehead atoms. The molecule has 1 amide bonds. The van der Waals surface area contributed by atoms with Gasteiger partial charge < -0.3 is 9.42 Å². The van der Waals surface area contributed by atoms with Gasteiger partial charge in [0.2, 0.25) is 11.8 Å². The Morgan fingerprint density at radius 1 is 1.26 bits per heavy atom. The molecule has 0 unspecified atom stereocenters. The zero-order chi connectivity index (χ0) is 16.1. The van der Waals surface area contributed by atoms with E-state index in [2.05, 4.69) is 22.3 Å². The molecule has 0 N–H and O–H groups in total. The van der Waals surface area contributed by atoms with Crippen molar-refractivity contribution in [2.24, 2.45) is 0 Å². The van der Waals surface area contributed by atoms with Crippen LogP contribution in [0.25, 0.3) is 0 Å². The molecule has 122 valence electrons. The molecular formula is C18H23N3O2. The van der Waals surface area contributed by atoms with E-state index in [-0.39, 0.29) is 5.91 Å². The van der Waals surface area contributed by atoms with Crippen molar-refractivity contribution >= 4 is 5.91 Å². The minimum Gasteiger partial charge on any atom is -0.343 e. The Hall–Kier alpha value is -2.17. The second-order valence-corrected chi connectivity index (χ2v) is 6.17. The number of amides is 1. The number of hydrogen-bond donors (Lipinski definition) is 0. The number of rotatable bonds is 5. The normalized spacial score (nSPS) is 15.8. The summed E-state index contributed by atoms with van der Waals surface area (Å²) >= 11 is 0. The van der Waals surface area contributed by atoms with Crippen LogP contribution in [0.1, 0.15) is 48.9 Å². The molecule has 1 saturated heterocycles. The number of aryl methyl sites for hydroxylation is 2. The van der Waals surface area contributed by atoms with Gasteiger partial charge in [0.05, 0.1) is 0 Å². The minimum absolute atomic E-state index is 0.265. The fourth-order valence-electron chi connectivity index (χ4n) is 3.10. The zero-order valence-electron chi connectivity index (χ0n) is 13.6. The molecule has 0 spiro atoms. The lowest BCUT2D eigenvalue weighted by Gasteiger charge is -2.30. The predicted octanol–water partition coefficient (Wildman–Crippen LogP) is 3.11. The molecule has 5 nitrogen and oxygen atoms in total. The van der Waals surface area contributed by atoms with E-state index in [0.29, 0.717) is 18.2 Å². The molecule has 0 aliphatic carbocycles. The molecule has 3 rings (SSSR count). The van der Waals surface area contributed by atoms with E-state index in [1.54, 1.807) is 0 Å². The van der Waals surface area contributed by atoms with Crippen molar-refractivity contribution in [3.05, 3.63) is 47.6 Å². The first-order valence-electron chi connectivity index (χ1n) is 8.34. The van der Waals surface area contributed by atoms with Crippen molar-refractivity contribution in [1.82, 2.24) is 15.0 Å². The number of aromatic nitrogens is 2. The summed E-state index contributed by atoms with van der Waals surface area (Å²) in [6.45, 7) is 3.41. The SMILES string of the molecule is Cc1noc(C2CCN(C(=O)CCCc3ccccc3)CC2)n1. The number of hydrogen-bond acceptors (Lipinski definition) is 4. The fourth-order valence-corrected chi connectivity index (χ4v) is 3.10. The van der Waals surface area contributed by atoms with Crippen LogP contribution in [0.2, 0.25) is 0 Å². The largest absolute Gasteiger partial charge is 0.343 e. The number of benzene rings is 1. The highest BCUT2D eigenvalue weighted by Gasteiger charge is 2.26. The summed E-state index contributed by atoms with van der Waals surface area (Å²) in [7, 11) is 0. The first kappa shape index (κ1) is 15.7. The smallest absolute Gasteiger partial charge is 0.229 e. The third-order valence-corrected chi connectivity index (χ3v) is 4.44. The minimum atomic E-state index is 0.265. The van der Waals surface area contributed by atoms with Crippen LogP contribution in [0, 0.1) is 6.92 Å². The average Bonchev–Trinajstić information content (AvgIpc) is 3.02. The summed E-state index contributed by atoms with van der Waals surface area (Å²) in [5, 5.41) is 3.85. The van der Waals surface area contributed by atoms with Gasteiger partial charge in [0.15, 0.2) is 5.82 Å². The molecule has 0 atom stereocenters. The number of piperidine rings is 1. The molecule has 1 aromatic carbocycles. The molecule has 1 aliphatic heterocycles. The van der Waals surface area contributed by atoms with Gasteiger partial charge in [-0.1, -0.05) is 35.5 Å². The van der Waals surface area contributed by atoms with Crippen molar-refractivity contribution < 1.29 is 9.32 Å².